The summed E-state index contributed by atoms with van der Waals surface area (Å²) >= 11 is 1.71. The zero-order valence-corrected chi connectivity index (χ0v) is 15.3. The molecular weight excluding hydrogens is 352 g/mol. The summed E-state index contributed by atoms with van der Waals surface area (Å²) in [5.41, 5.74) is 1.04. The molecule has 6 nitrogen and oxygen atoms in total. The normalized spacial score (nSPS) is 13.3. The van der Waals surface area contributed by atoms with E-state index < -0.39 is 17.8 Å². The maximum Gasteiger partial charge on any atom is 0.338 e. The molecule has 0 N–H and O–H groups in total. The predicted molar refractivity (Wildman–Crippen MR) is 97.3 cm³/mol. The Morgan fingerprint density at radius 2 is 1.81 bits per heavy atom. The molecule has 0 spiro atoms. The Morgan fingerprint density at radius 1 is 1.12 bits per heavy atom. The molecule has 2 aromatic rings. The molecule has 3 rings (SSSR count). The number of aromatic nitrogens is 1. The van der Waals surface area contributed by atoms with Crippen molar-refractivity contribution in [3.05, 3.63) is 59.4 Å². The maximum atomic E-state index is 12.2. The second kappa shape index (κ2) is 7.70. The van der Waals surface area contributed by atoms with Gasteiger partial charge in [0.05, 0.1) is 23.2 Å². The summed E-state index contributed by atoms with van der Waals surface area (Å²) in [6.07, 6.45) is 2.84. The topological polar surface area (TPSA) is 76.6 Å². The van der Waals surface area contributed by atoms with Crippen molar-refractivity contribution >= 4 is 29.5 Å². The number of rotatable bonds is 6. The Balaban J connectivity index is 1.55. The lowest BCUT2D eigenvalue weighted by Gasteiger charge is -2.13. The number of ether oxygens (including phenoxy) is 1. The summed E-state index contributed by atoms with van der Waals surface area (Å²) in [5.74, 6) is -1.29. The first-order valence-corrected chi connectivity index (χ1v) is 9.09. The Morgan fingerprint density at radius 3 is 2.46 bits per heavy atom. The Labute approximate surface area is 155 Å². The number of carbonyl (C=O) groups excluding carboxylic acids is 3. The van der Waals surface area contributed by atoms with E-state index in [2.05, 4.69) is 18.8 Å². The van der Waals surface area contributed by atoms with Gasteiger partial charge in [-0.2, -0.15) is 0 Å². The van der Waals surface area contributed by atoms with Gasteiger partial charge in [0.25, 0.3) is 11.8 Å². The van der Waals surface area contributed by atoms with E-state index >= 15 is 0 Å². The van der Waals surface area contributed by atoms with Gasteiger partial charge in [0.15, 0.2) is 0 Å². The van der Waals surface area contributed by atoms with Crippen molar-refractivity contribution in [2.75, 3.05) is 13.2 Å². The van der Waals surface area contributed by atoms with Crippen LogP contribution in [0.4, 0.5) is 0 Å². The molecule has 0 fully saturated rings. The Bertz CT molecular complexity index is 814. The van der Waals surface area contributed by atoms with E-state index in [1.165, 1.54) is 18.5 Å². The number of thioether (sulfide) groups is 1. The average Bonchev–Trinajstić information content (AvgIpc) is 2.87. The lowest BCUT2D eigenvalue weighted by Crippen LogP contribution is -2.33. The van der Waals surface area contributed by atoms with Gasteiger partial charge in [-0.15, -0.1) is 11.8 Å². The second-order valence-corrected chi connectivity index (χ2v) is 7.66. The van der Waals surface area contributed by atoms with E-state index in [4.69, 9.17) is 4.74 Å². The summed E-state index contributed by atoms with van der Waals surface area (Å²) in [6, 6.07) is 8.68. The standard InChI is InChI=1S/C19H18N2O4S/c1-12(2)26-14-5-3-13(4-6-14)19(24)25-10-9-21-17(22)15-7-8-20-11-16(15)18(21)23/h3-8,11-12H,9-10H2,1-2H3. The summed E-state index contributed by atoms with van der Waals surface area (Å²) < 4.78 is 5.20. The largest absolute Gasteiger partial charge is 0.460 e. The minimum atomic E-state index is -0.482. The fourth-order valence-corrected chi connectivity index (χ4v) is 3.43. The van der Waals surface area contributed by atoms with Crippen LogP contribution < -0.4 is 0 Å². The molecule has 0 aliphatic carbocycles. The van der Waals surface area contributed by atoms with Gasteiger partial charge in [0.1, 0.15) is 6.61 Å². The van der Waals surface area contributed by atoms with Crippen molar-refractivity contribution in [2.45, 2.75) is 24.0 Å². The molecule has 2 amide bonds. The molecule has 0 radical (unpaired) electrons. The molecule has 2 heterocycles. The van der Waals surface area contributed by atoms with Crippen LogP contribution in [0.2, 0.25) is 0 Å². The van der Waals surface area contributed by atoms with E-state index in [0.717, 1.165) is 9.80 Å². The number of hydrogen-bond donors (Lipinski definition) is 0. The van der Waals surface area contributed by atoms with Crippen LogP contribution in [0.1, 0.15) is 44.9 Å². The van der Waals surface area contributed by atoms with Crippen LogP contribution in [0.5, 0.6) is 0 Å². The minimum absolute atomic E-state index is 0.0133. The third-order valence-corrected chi connectivity index (χ3v) is 4.80. The lowest BCUT2D eigenvalue weighted by atomic mass is 10.2. The van der Waals surface area contributed by atoms with Gasteiger partial charge in [-0.1, -0.05) is 13.8 Å². The smallest absolute Gasteiger partial charge is 0.338 e. The number of hydrogen-bond acceptors (Lipinski definition) is 6. The van der Waals surface area contributed by atoms with Crippen molar-refractivity contribution in [3.63, 3.8) is 0 Å². The second-order valence-electron chi connectivity index (χ2n) is 6.01. The van der Waals surface area contributed by atoms with Crippen LogP contribution in [0.3, 0.4) is 0 Å². The first-order valence-electron chi connectivity index (χ1n) is 8.21. The fourth-order valence-electron chi connectivity index (χ4n) is 2.59. The quantitative estimate of drug-likeness (QED) is 0.442. The van der Waals surface area contributed by atoms with E-state index in [1.807, 2.05) is 12.1 Å². The van der Waals surface area contributed by atoms with Crippen molar-refractivity contribution in [1.29, 1.82) is 0 Å². The molecule has 1 aliphatic heterocycles. The zero-order chi connectivity index (χ0) is 18.7. The molecule has 0 atom stereocenters. The highest BCUT2D eigenvalue weighted by Gasteiger charge is 2.35. The van der Waals surface area contributed by atoms with Gasteiger partial charge in [0, 0.05) is 22.5 Å². The van der Waals surface area contributed by atoms with Gasteiger partial charge >= 0.3 is 5.97 Å². The van der Waals surface area contributed by atoms with Crippen LogP contribution >= 0.6 is 11.8 Å². The van der Waals surface area contributed by atoms with Gasteiger partial charge in [-0.3, -0.25) is 19.5 Å². The summed E-state index contributed by atoms with van der Waals surface area (Å²) in [5, 5.41) is 0.461. The van der Waals surface area contributed by atoms with E-state index in [0.29, 0.717) is 16.4 Å². The molecule has 1 aromatic heterocycles. The molecule has 0 saturated heterocycles. The molecule has 1 aromatic carbocycles. The lowest BCUT2D eigenvalue weighted by molar-refractivity contribution is 0.0420. The van der Waals surface area contributed by atoms with Crippen molar-refractivity contribution in [2.24, 2.45) is 0 Å². The zero-order valence-electron chi connectivity index (χ0n) is 14.5. The number of carbonyl (C=O) groups is 3. The van der Waals surface area contributed by atoms with Crippen LogP contribution in [0.25, 0.3) is 0 Å². The number of esters is 1. The fraction of sp³-hybridized carbons (Fsp3) is 0.263. The van der Waals surface area contributed by atoms with Crippen LogP contribution in [-0.2, 0) is 4.74 Å². The SMILES string of the molecule is CC(C)Sc1ccc(C(=O)OCCN2C(=O)c3ccncc3C2=O)cc1. The molecule has 7 heteroatoms. The minimum Gasteiger partial charge on any atom is -0.460 e. The van der Waals surface area contributed by atoms with Gasteiger partial charge in [0.2, 0.25) is 0 Å². The van der Waals surface area contributed by atoms with Crippen LogP contribution in [0.15, 0.2) is 47.6 Å². The molecule has 0 saturated carbocycles. The van der Waals surface area contributed by atoms with Crippen molar-refractivity contribution in [3.8, 4) is 0 Å². The van der Waals surface area contributed by atoms with Gasteiger partial charge < -0.3 is 4.74 Å². The maximum absolute atomic E-state index is 12.2. The average molecular weight is 370 g/mol. The molecule has 134 valence electrons. The first kappa shape index (κ1) is 18.1. The molecule has 0 bridgehead atoms. The number of fused-ring (bicyclic) bond motifs is 1. The molecule has 26 heavy (non-hydrogen) atoms. The predicted octanol–water partition coefficient (Wildman–Crippen LogP) is 3.04. The Kier molecular flexibility index (Phi) is 5.37. The van der Waals surface area contributed by atoms with Crippen LogP contribution in [0, 0.1) is 0 Å². The van der Waals surface area contributed by atoms with E-state index in [1.54, 1.807) is 23.9 Å². The summed E-state index contributed by atoms with van der Waals surface area (Å²) in [7, 11) is 0. The van der Waals surface area contributed by atoms with Crippen molar-refractivity contribution < 1.29 is 19.1 Å². The van der Waals surface area contributed by atoms with Gasteiger partial charge in [-0.05, 0) is 30.3 Å². The highest BCUT2D eigenvalue weighted by atomic mass is 32.2. The number of pyridine rings is 1. The molecule has 0 unspecified atom stereocenters. The third kappa shape index (κ3) is 3.77. The summed E-state index contributed by atoms with van der Waals surface area (Å²) in [4.78, 5) is 42.5. The number of imide groups is 1. The van der Waals surface area contributed by atoms with Gasteiger partial charge in [-0.25, -0.2) is 4.79 Å². The third-order valence-electron chi connectivity index (χ3n) is 3.78. The molecule has 1 aliphatic rings. The van der Waals surface area contributed by atoms with Crippen molar-refractivity contribution in [1.82, 2.24) is 9.88 Å². The molecular formula is C19H18N2O4S. The Hall–Kier alpha value is -2.67. The number of nitrogens with zero attached hydrogens (tertiary/aromatic N) is 2. The first-order chi connectivity index (χ1) is 12.5. The van der Waals surface area contributed by atoms with E-state index in [-0.39, 0.29) is 18.7 Å². The van der Waals surface area contributed by atoms with Crippen LogP contribution in [-0.4, -0.2) is 46.1 Å². The number of amides is 2. The monoisotopic (exact) mass is 370 g/mol. The highest BCUT2D eigenvalue weighted by Crippen LogP contribution is 2.23. The summed E-state index contributed by atoms with van der Waals surface area (Å²) in [6.45, 7) is 4.16. The number of benzene rings is 1. The van der Waals surface area contributed by atoms with E-state index in [9.17, 15) is 14.4 Å². The highest BCUT2D eigenvalue weighted by molar-refractivity contribution is 7.99.